The van der Waals surface area contributed by atoms with Gasteiger partial charge < -0.3 is 5.73 Å². The molecule has 2 aromatic rings. The summed E-state index contributed by atoms with van der Waals surface area (Å²) in [6, 6.07) is 7.00. The highest BCUT2D eigenvalue weighted by molar-refractivity contribution is 7.89. The summed E-state index contributed by atoms with van der Waals surface area (Å²) in [6.07, 6.45) is 10.7. The van der Waals surface area contributed by atoms with Crippen LogP contribution in [0.1, 0.15) is 65.7 Å². The SMILES string of the molecule is CCCCCCN(C(CN)C(C)CCCC)S(=O)(=O)c1cccc2cnccc12. The molecule has 0 aliphatic carbocycles. The van der Waals surface area contributed by atoms with E-state index in [-0.39, 0.29) is 12.0 Å². The Morgan fingerprint density at radius 2 is 1.83 bits per heavy atom. The van der Waals surface area contributed by atoms with Crippen molar-refractivity contribution >= 4 is 20.8 Å². The summed E-state index contributed by atoms with van der Waals surface area (Å²) in [7, 11) is -3.67. The van der Waals surface area contributed by atoms with Gasteiger partial charge in [-0.2, -0.15) is 4.31 Å². The van der Waals surface area contributed by atoms with Crippen molar-refractivity contribution in [2.75, 3.05) is 13.1 Å². The Labute approximate surface area is 176 Å². The molecule has 0 saturated carbocycles. The molecule has 29 heavy (non-hydrogen) atoms. The van der Waals surface area contributed by atoms with Gasteiger partial charge in [-0.3, -0.25) is 4.98 Å². The van der Waals surface area contributed by atoms with Gasteiger partial charge in [0.25, 0.3) is 0 Å². The van der Waals surface area contributed by atoms with E-state index < -0.39 is 10.0 Å². The molecule has 162 valence electrons. The first-order valence-corrected chi connectivity index (χ1v) is 12.5. The monoisotopic (exact) mass is 419 g/mol. The van der Waals surface area contributed by atoms with Crippen LogP contribution in [0.3, 0.4) is 0 Å². The molecule has 2 rings (SSSR count). The third-order valence-electron chi connectivity index (χ3n) is 5.74. The fourth-order valence-electron chi connectivity index (χ4n) is 3.95. The minimum absolute atomic E-state index is 0.190. The Bertz CT molecular complexity index is 849. The fraction of sp³-hybridized carbons (Fsp3) is 0.609. The van der Waals surface area contributed by atoms with Crippen LogP contribution in [0.4, 0.5) is 0 Å². The maximum absolute atomic E-state index is 13.8. The molecular weight excluding hydrogens is 382 g/mol. The van der Waals surface area contributed by atoms with Crippen LogP contribution in [0.5, 0.6) is 0 Å². The molecule has 0 aliphatic rings. The number of pyridine rings is 1. The second-order valence-corrected chi connectivity index (χ2v) is 9.81. The minimum atomic E-state index is -3.67. The van der Waals surface area contributed by atoms with Crippen LogP contribution in [0.25, 0.3) is 10.8 Å². The summed E-state index contributed by atoms with van der Waals surface area (Å²) in [5, 5.41) is 1.56. The van der Waals surface area contributed by atoms with Crippen LogP contribution in [-0.2, 0) is 10.0 Å². The third kappa shape index (κ3) is 6.00. The maximum atomic E-state index is 13.8. The zero-order chi connectivity index (χ0) is 21.3. The molecule has 0 radical (unpaired) electrons. The largest absolute Gasteiger partial charge is 0.329 e. The number of sulfonamides is 1. The van der Waals surface area contributed by atoms with Crippen molar-refractivity contribution in [3.63, 3.8) is 0 Å². The fourth-order valence-corrected chi connectivity index (χ4v) is 5.94. The second-order valence-electron chi connectivity index (χ2n) is 7.95. The lowest BCUT2D eigenvalue weighted by Crippen LogP contribution is -2.48. The van der Waals surface area contributed by atoms with Gasteiger partial charge in [0.05, 0.1) is 4.90 Å². The number of nitrogens with zero attached hydrogens (tertiary/aromatic N) is 2. The van der Waals surface area contributed by atoms with Gasteiger partial charge in [-0.15, -0.1) is 0 Å². The number of rotatable bonds is 13. The molecule has 2 atom stereocenters. The number of hydrogen-bond donors (Lipinski definition) is 1. The summed E-state index contributed by atoms with van der Waals surface area (Å²) in [6.45, 7) is 7.31. The topological polar surface area (TPSA) is 76.3 Å². The molecule has 0 aliphatic heterocycles. The summed E-state index contributed by atoms with van der Waals surface area (Å²) in [4.78, 5) is 4.49. The number of nitrogens with two attached hydrogens (primary N) is 1. The van der Waals surface area contributed by atoms with Crippen LogP contribution >= 0.6 is 0 Å². The lowest BCUT2D eigenvalue weighted by atomic mass is 9.95. The van der Waals surface area contributed by atoms with E-state index in [0.717, 1.165) is 55.7 Å². The van der Waals surface area contributed by atoms with E-state index in [1.165, 1.54) is 0 Å². The van der Waals surface area contributed by atoms with Gasteiger partial charge in [-0.05, 0) is 30.9 Å². The Balaban J connectivity index is 2.44. The second kappa shape index (κ2) is 11.6. The van der Waals surface area contributed by atoms with Gasteiger partial charge in [0.15, 0.2) is 0 Å². The number of benzene rings is 1. The van der Waals surface area contributed by atoms with Crippen molar-refractivity contribution in [2.45, 2.75) is 76.7 Å². The first kappa shape index (κ1) is 23.8. The average Bonchev–Trinajstić information content (AvgIpc) is 2.73. The van der Waals surface area contributed by atoms with Crippen molar-refractivity contribution < 1.29 is 8.42 Å². The number of unbranched alkanes of at least 4 members (excludes halogenated alkanes) is 4. The molecule has 0 bridgehead atoms. The van der Waals surface area contributed by atoms with E-state index >= 15 is 0 Å². The quantitative estimate of drug-likeness (QED) is 0.466. The van der Waals surface area contributed by atoms with Crippen molar-refractivity contribution in [3.05, 3.63) is 36.7 Å². The first-order valence-electron chi connectivity index (χ1n) is 11.0. The van der Waals surface area contributed by atoms with E-state index in [1.807, 2.05) is 6.07 Å². The molecule has 5 nitrogen and oxygen atoms in total. The molecule has 0 spiro atoms. The molecule has 6 heteroatoms. The van der Waals surface area contributed by atoms with Crippen LogP contribution in [0.15, 0.2) is 41.6 Å². The Kier molecular flexibility index (Phi) is 9.53. The lowest BCUT2D eigenvalue weighted by Gasteiger charge is -2.34. The zero-order valence-corrected chi connectivity index (χ0v) is 19.0. The predicted molar refractivity (Wildman–Crippen MR) is 121 cm³/mol. The smallest absolute Gasteiger partial charge is 0.243 e. The molecule has 2 N–H and O–H groups in total. The average molecular weight is 420 g/mol. The van der Waals surface area contributed by atoms with Crippen molar-refractivity contribution in [2.24, 2.45) is 11.7 Å². The summed E-state index contributed by atoms with van der Waals surface area (Å²) >= 11 is 0. The highest BCUT2D eigenvalue weighted by Gasteiger charge is 2.34. The van der Waals surface area contributed by atoms with Gasteiger partial charge in [0, 0.05) is 42.3 Å². The van der Waals surface area contributed by atoms with E-state index in [1.54, 1.807) is 34.9 Å². The first-order chi connectivity index (χ1) is 14.0. The van der Waals surface area contributed by atoms with Crippen molar-refractivity contribution in [3.8, 4) is 0 Å². The van der Waals surface area contributed by atoms with Gasteiger partial charge in [-0.1, -0.05) is 65.0 Å². The minimum Gasteiger partial charge on any atom is -0.329 e. The predicted octanol–water partition coefficient (Wildman–Crippen LogP) is 4.96. The van der Waals surface area contributed by atoms with Crippen LogP contribution in [0, 0.1) is 5.92 Å². The maximum Gasteiger partial charge on any atom is 0.243 e. The van der Waals surface area contributed by atoms with E-state index in [2.05, 4.69) is 25.8 Å². The Hall–Kier alpha value is -1.50. The van der Waals surface area contributed by atoms with Crippen LogP contribution < -0.4 is 5.73 Å². The molecule has 2 unspecified atom stereocenters. The van der Waals surface area contributed by atoms with Gasteiger partial charge in [0.1, 0.15) is 0 Å². The van der Waals surface area contributed by atoms with Gasteiger partial charge in [0.2, 0.25) is 10.0 Å². The highest BCUT2D eigenvalue weighted by Crippen LogP contribution is 2.29. The molecule has 0 fully saturated rings. The molecular formula is C23H37N3O2S. The third-order valence-corrected chi connectivity index (χ3v) is 7.72. The number of fused-ring (bicyclic) bond motifs is 1. The molecule has 0 amide bonds. The molecule has 1 heterocycles. The molecule has 0 saturated heterocycles. The Morgan fingerprint density at radius 3 is 2.52 bits per heavy atom. The van der Waals surface area contributed by atoms with Crippen molar-refractivity contribution in [1.29, 1.82) is 0 Å². The van der Waals surface area contributed by atoms with Gasteiger partial charge >= 0.3 is 0 Å². The highest BCUT2D eigenvalue weighted by atomic mass is 32.2. The van der Waals surface area contributed by atoms with E-state index in [0.29, 0.717) is 18.0 Å². The standard InChI is InChI=1S/C23H37N3O2S/c1-4-6-8-9-16-26(22(17-24)19(3)11-7-5-2)29(27,28)23-13-10-12-20-18-25-15-14-21(20)23/h10,12-15,18-19,22H,4-9,11,16-17,24H2,1-3H3. The summed E-state index contributed by atoms with van der Waals surface area (Å²) in [5.74, 6) is 0.220. The summed E-state index contributed by atoms with van der Waals surface area (Å²) < 4.78 is 29.4. The number of hydrogen-bond acceptors (Lipinski definition) is 4. The van der Waals surface area contributed by atoms with E-state index in [4.69, 9.17) is 5.73 Å². The number of aromatic nitrogens is 1. The summed E-state index contributed by atoms with van der Waals surface area (Å²) in [5.41, 5.74) is 6.15. The molecule has 1 aromatic heterocycles. The molecule has 1 aromatic carbocycles. The van der Waals surface area contributed by atoms with Crippen LogP contribution in [-0.4, -0.2) is 36.8 Å². The lowest BCUT2D eigenvalue weighted by molar-refractivity contribution is 0.236. The van der Waals surface area contributed by atoms with Crippen LogP contribution in [0.2, 0.25) is 0 Å². The normalized spacial score (nSPS) is 14.4. The van der Waals surface area contributed by atoms with Gasteiger partial charge in [-0.25, -0.2) is 8.42 Å². The zero-order valence-electron chi connectivity index (χ0n) is 18.2. The Morgan fingerprint density at radius 1 is 1.07 bits per heavy atom. The van der Waals surface area contributed by atoms with E-state index in [9.17, 15) is 8.42 Å². The van der Waals surface area contributed by atoms with Crippen molar-refractivity contribution in [1.82, 2.24) is 9.29 Å².